The molecule has 4 rings (SSSR count). The summed E-state index contributed by atoms with van der Waals surface area (Å²) in [4.78, 5) is 11.6. The minimum atomic E-state index is -0.0290. The normalized spacial score (nSPS) is 15.1. The molecule has 0 saturated heterocycles. The molecule has 126 valence electrons. The first-order valence-corrected chi connectivity index (χ1v) is 7.98. The first-order chi connectivity index (χ1) is 12.0. The van der Waals surface area contributed by atoms with Gasteiger partial charge in [0.25, 0.3) is 0 Å². The number of hydrogen-bond acceptors (Lipinski definition) is 6. The van der Waals surface area contributed by atoms with E-state index in [1.54, 1.807) is 12.1 Å². The van der Waals surface area contributed by atoms with Crippen LogP contribution in [0.3, 0.4) is 0 Å². The first kappa shape index (κ1) is 15.4. The third kappa shape index (κ3) is 2.65. The smallest absolute Gasteiger partial charge is 0.231 e. The maximum Gasteiger partial charge on any atom is 0.231 e. The van der Waals surface area contributed by atoms with Crippen molar-refractivity contribution in [3.8, 4) is 11.5 Å². The number of anilines is 1. The molecule has 0 unspecified atom stereocenters. The highest BCUT2D eigenvalue weighted by Gasteiger charge is 2.23. The Balaban J connectivity index is 1.89. The maximum absolute atomic E-state index is 11.6. The van der Waals surface area contributed by atoms with Gasteiger partial charge >= 0.3 is 0 Å². The molecular formula is C19H17N3O3. The molecule has 0 spiro atoms. The van der Waals surface area contributed by atoms with Gasteiger partial charge in [-0.15, -0.1) is 5.10 Å². The van der Waals surface area contributed by atoms with E-state index in [0.29, 0.717) is 29.1 Å². The Hall–Kier alpha value is -3.15. The van der Waals surface area contributed by atoms with Crippen LogP contribution < -0.4 is 15.2 Å². The van der Waals surface area contributed by atoms with Crippen LogP contribution >= 0.6 is 0 Å². The zero-order valence-corrected chi connectivity index (χ0v) is 14.0. The van der Waals surface area contributed by atoms with Crippen LogP contribution in [0, 0.1) is 0 Å². The fourth-order valence-electron chi connectivity index (χ4n) is 3.05. The first-order valence-electron chi connectivity index (χ1n) is 7.98. The number of carbonyl (C=O) groups is 1. The van der Waals surface area contributed by atoms with E-state index in [9.17, 15) is 4.79 Å². The molecule has 0 aliphatic carbocycles. The molecule has 0 atom stereocenters. The van der Waals surface area contributed by atoms with Gasteiger partial charge in [0.15, 0.2) is 17.3 Å². The average Bonchev–Trinajstić information content (AvgIpc) is 2.96. The average molecular weight is 335 g/mol. The quantitative estimate of drug-likeness (QED) is 0.675. The van der Waals surface area contributed by atoms with Gasteiger partial charge in [-0.3, -0.25) is 4.79 Å². The molecule has 2 aliphatic rings. The molecule has 0 saturated carbocycles. The second-order valence-electron chi connectivity index (χ2n) is 6.18. The van der Waals surface area contributed by atoms with Crippen molar-refractivity contribution in [3.05, 3.63) is 52.6 Å². The highest BCUT2D eigenvalue weighted by molar-refractivity contribution is 6.18. The second-order valence-corrected chi connectivity index (χ2v) is 6.18. The van der Waals surface area contributed by atoms with E-state index in [4.69, 9.17) is 15.2 Å². The van der Waals surface area contributed by atoms with Crippen LogP contribution in [-0.2, 0) is 6.42 Å². The summed E-state index contributed by atoms with van der Waals surface area (Å²) in [6.07, 6.45) is 0.671. The van der Waals surface area contributed by atoms with Crippen LogP contribution in [-0.4, -0.2) is 24.0 Å². The number of nitrogens with two attached hydrogens (primary N) is 1. The molecule has 0 bridgehead atoms. The zero-order chi connectivity index (χ0) is 17.6. The van der Waals surface area contributed by atoms with Crippen molar-refractivity contribution in [1.29, 1.82) is 0 Å². The van der Waals surface area contributed by atoms with Gasteiger partial charge in [0, 0.05) is 34.5 Å². The van der Waals surface area contributed by atoms with E-state index in [2.05, 4.69) is 10.2 Å². The Kier molecular flexibility index (Phi) is 3.53. The molecule has 6 heteroatoms. The van der Waals surface area contributed by atoms with Gasteiger partial charge in [0.2, 0.25) is 6.79 Å². The zero-order valence-electron chi connectivity index (χ0n) is 14.0. The van der Waals surface area contributed by atoms with Gasteiger partial charge in [0.05, 0.1) is 0 Å². The Morgan fingerprint density at radius 2 is 1.84 bits per heavy atom. The monoisotopic (exact) mass is 335 g/mol. The Morgan fingerprint density at radius 1 is 1.08 bits per heavy atom. The summed E-state index contributed by atoms with van der Waals surface area (Å²) in [5.74, 6) is 1.39. The molecule has 0 radical (unpaired) electrons. The highest BCUT2D eigenvalue weighted by Crippen LogP contribution is 2.37. The van der Waals surface area contributed by atoms with E-state index in [-0.39, 0.29) is 12.6 Å². The molecule has 2 aromatic carbocycles. The highest BCUT2D eigenvalue weighted by atomic mass is 16.7. The predicted molar refractivity (Wildman–Crippen MR) is 95.9 cm³/mol. The van der Waals surface area contributed by atoms with Crippen molar-refractivity contribution < 1.29 is 14.3 Å². The molecule has 2 aliphatic heterocycles. The number of Topliss-reactive ketones (excluding diaryl/α,β-unsaturated/α-hetero) is 1. The number of ether oxygens (including phenoxy) is 2. The summed E-state index contributed by atoms with van der Waals surface area (Å²) in [6, 6.07) is 9.13. The molecular weight excluding hydrogens is 318 g/mol. The summed E-state index contributed by atoms with van der Waals surface area (Å²) < 4.78 is 11.0. The number of hydrogen-bond donors (Lipinski definition) is 1. The van der Waals surface area contributed by atoms with Crippen LogP contribution in [0.1, 0.15) is 40.9 Å². The van der Waals surface area contributed by atoms with E-state index in [1.165, 1.54) is 6.92 Å². The molecule has 2 N–H and O–H groups in total. The number of rotatable bonds is 2. The standard InChI is InChI=1S/C19H17N3O3/c1-10-5-13-7-17-18(25-9-24-17)8-15(13)19(22-21-10)14-4-3-12(11(2)23)6-16(14)20/h3-4,6-8H,5,9,20H2,1-2H3. The fraction of sp³-hybridized carbons (Fsp3) is 0.211. The number of fused-ring (bicyclic) bond motifs is 2. The van der Waals surface area contributed by atoms with Crippen molar-refractivity contribution in [3.63, 3.8) is 0 Å². The Morgan fingerprint density at radius 3 is 2.56 bits per heavy atom. The van der Waals surface area contributed by atoms with Gasteiger partial charge in [-0.05, 0) is 43.7 Å². The van der Waals surface area contributed by atoms with Crippen molar-refractivity contribution in [2.45, 2.75) is 20.3 Å². The van der Waals surface area contributed by atoms with Crippen LogP contribution in [0.25, 0.3) is 0 Å². The molecule has 0 amide bonds. The van der Waals surface area contributed by atoms with Crippen molar-refractivity contribution in [2.24, 2.45) is 10.2 Å². The van der Waals surface area contributed by atoms with Crippen molar-refractivity contribution >= 4 is 22.9 Å². The number of ketones is 1. The Labute approximate surface area is 145 Å². The number of nitrogen functional groups attached to an aromatic ring is 1. The molecule has 6 nitrogen and oxygen atoms in total. The van der Waals surface area contributed by atoms with E-state index < -0.39 is 0 Å². The van der Waals surface area contributed by atoms with Crippen LogP contribution in [0.2, 0.25) is 0 Å². The summed E-state index contributed by atoms with van der Waals surface area (Å²) in [5, 5.41) is 8.72. The van der Waals surface area contributed by atoms with Crippen molar-refractivity contribution in [1.82, 2.24) is 0 Å². The summed E-state index contributed by atoms with van der Waals surface area (Å²) in [5.41, 5.74) is 11.5. The van der Waals surface area contributed by atoms with Crippen LogP contribution in [0.15, 0.2) is 40.5 Å². The van der Waals surface area contributed by atoms with E-state index in [0.717, 1.165) is 28.2 Å². The molecule has 0 aromatic heterocycles. The van der Waals surface area contributed by atoms with Gasteiger partial charge in [-0.2, -0.15) is 5.10 Å². The number of benzene rings is 2. The second kappa shape index (κ2) is 5.73. The molecule has 0 fully saturated rings. The lowest BCUT2D eigenvalue weighted by Crippen LogP contribution is -2.10. The number of nitrogens with zero attached hydrogens (tertiary/aromatic N) is 2. The lowest BCUT2D eigenvalue weighted by molar-refractivity contribution is 0.101. The lowest BCUT2D eigenvalue weighted by Gasteiger charge is -2.13. The van der Waals surface area contributed by atoms with E-state index >= 15 is 0 Å². The third-order valence-electron chi connectivity index (χ3n) is 4.33. The summed E-state index contributed by atoms with van der Waals surface area (Å²) in [6.45, 7) is 3.66. The largest absolute Gasteiger partial charge is 0.454 e. The van der Waals surface area contributed by atoms with Crippen LogP contribution in [0.4, 0.5) is 5.69 Å². The van der Waals surface area contributed by atoms with Gasteiger partial charge in [0.1, 0.15) is 5.71 Å². The lowest BCUT2D eigenvalue weighted by atomic mass is 9.93. The molecule has 25 heavy (non-hydrogen) atoms. The maximum atomic E-state index is 11.6. The number of carbonyl (C=O) groups excluding carboxylic acids is 1. The topological polar surface area (TPSA) is 86.3 Å². The molecule has 2 aromatic rings. The minimum Gasteiger partial charge on any atom is -0.454 e. The molecule has 2 heterocycles. The summed E-state index contributed by atoms with van der Waals surface area (Å²) >= 11 is 0. The van der Waals surface area contributed by atoms with Gasteiger partial charge in [-0.25, -0.2) is 0 Å². The minimum absolute atomic E-state index is 0.0290. The third-order valence-corrected chi connectivity index (χ3v) is 4.33. The van der Waals surface area contributed by atoms with Gasteiger partial charge < -0.3 is 15.2 Å². The SMILES string of the molecule is CC(=O)c1ccc(C2=NN=C(C)Cc3cc4c(cc32)OCO4)c(N)c1. The predicted octanol–water partition coefficient (Wildman–Crippen LogP) is 2.97. The fourth-order valence-corrected chi connectivity index (χ4v) is 3.05. The van der Waals surface area contributed by atoms with Gasteiger partial charge in [-0.1, -0.05) is 6.07 Å². The summed E-state index contributed by atoms with van der Waals surface area (Å²) in [7, 11) is 0. The van der Waals surface area contributed by atoms with Crippen molar-refractivity contribution in [2.75, 3.05) is 12.5 Å². The Bertz CT molecular complexity index is 961. The van der Waals surface area contributed by atoms with Crippen LogP contribution in [0.5, 0.6) is 11.5 Å². The van der Waals surface area contributed by atoms with E-state index in [1.807, 2.05) is 25.1 Å².